The molecule has 0 aliphatic heterocycles. The molecule has 0 atom stereocenters. The standard InChI is InChI=1S/C14H21.3C6H5.Sn/c1-13(2,3)11-8-7-9-12(10-11)14(4,5)6;3*1-2-4-6-5-3-1;/h7-9H,1-6H3;3*1-5H;. The van der Waals surface area contributed by atoms with E-state index >= 15 is 0 Å². The molecular weight excluding hydrogens is 503 g/mol. The predicted molar refractivity (Wildman–Crippen MR) is 147 cm³/mol. The molecule has 4 rings (SSSR count). The van der Waals surface area contributed by atoms with Gasteiger partial charge in [-0.1, -0.05) is 0 Å². The summed E-state index contributed by atoms with van der Waals surface area (Å²) in [5.41, 5.74) is 3.05. The van der Waals surface area contributed by atoms with Gasteiger partial charge in [-0.25, -0.2) is 0 Å². The maximum atomic E-state index is 2.39. The number of rotatable bonds is 4. The van der Waals surface area contributed by atoms with E-state index in [-0.39, 0.29) is 10.8 Å². The van der Waals surface area contributed by atoms with Crippen LogP contribution in [-0.4, -0.2) is 18.4 Å². The van der Waals surface area contributed by atoms with Gasteiger partial charge in [-0.15, -0.1) is 0 Å². The van der Waals surface area contributed by atoms with Crippen LogP contribution in [0, 0.1) is 0 Å². The van der Waals surface area contributed by atoms with E-state index in [1.807, 2.05) is 0 Å². The Morgan fingerprint density at radius 1 is 0.394 bits per heavy atom. The van der Waals surface area contributed by atoms with Crippen molar-refractivity contribution in [2.75, 3.05) is 0 Å². The summed E-state index contributed by atoms with van der Waals surface area (Å²) in [7, 11) is 0. The van der Waals surface area contributed by atoms with Gasteiger partial charge in [0.2, 0.25) is 0 Å². The Morgan fingerprint density at radius 3 is 0.970 bits per heavy atom. The second-order valence-electron chi connectivity index (χ2n) is 11.1. The van der Waals surface area contributed by atoms with Crippen LogP contribution in [0.1, 0.15) is 52.7 Å². The summed E-state index contributed by atoms with van der Waals surface area (Å²) in [5, 5.41) is 0. The Balaban J connectivity index is 2.31. The molecule has 0 nitrogen and oxygen atoms in total. The first-order valence-electron chi connectivity index (χ1n) is 12.0. The van der Waals surface area contributed by atoms with Crippen molar-refractivity contribution in [1.29, 1.82) is 0 Å². The zero-order chi connectivity index (χ0) is 23.7. The van der Waals surface area contributed by atoms with Crippen molar-refractivity contribution in [3.63, 3.8) is 0 Å². The zero-order valence-electron chi connectivity index (χ0n) is 20.9. The predicted octanol–water partition coefficient (Wildman–Crippen LogP) is 5.66. The molecule has 0 aromatic heterocycles. The van der Waals surface area contributed by atoms with Crippen LogP contribution in [0.3, 0.4) is 0 Å². The first-order chi connectivity index (χ1) is 15.7. The van der Waals surface area contributed by atoms with Crippen molar-refractivity contribution in [2.24, 2.45) is 0 Å². The van der Waals surface area contributed by atoms with Crippen LogP contribution < -0.4 is 14.3 Å². The summed E-state index contributed by atoms with van der Waals surface area (Å²) < 4.78 is 6.14. The third kappa shape index (κ3) is 4.43. The second-order valence-corrected chi connectivity index (χ2v) is 21.7. The normalized spacial score (nSPS) is 12.5. The Kier molecular flexibility index (Phi) is 6.60. The van der Waals surface area contributed by atoms with Gasteiger partial charge in [0, 0.05) is 0 Å². The molecule has 168 valence electrons. The summed E-state index contributed by atoms with van der Waals surface area (Å²) in [5.74, 6) is 0. The van der Waals surface area contributed by atoms with Gasteiger partial charge in [0.05, 0.1) is 0 Å². The van der Waals surface area contributed by atoms with Crippen LogP contribution >= 0.6 is 0 Å². The van der Waals surface area contributed by atoms with Crippen molar-refractivity contribution >= 4 is 32.7 Å². The van der Waals surface area contributed by atoms with Crippen molar-refractivity contribution < 1.29 is 0 Å². The molecule has 0 aliphatic rings. The van der Waals surface area contributed by atoms with E-state index in [2.05, 4.69) is 151 Å². The van der Waals surface area contributed by atoms with E-state index in [1.165, 1.54) is 21.9 Å². The minimum atomic E-state index is -3.72. The zero-order valence-corrected chi connectivity index (χ0v) is 23.7. The Hall–Kier alpha value is -2.32. The van der Waals surface area contributed by atoms with E-state index in [0.29, 0.717) is 0 Å². The van der Waals surface area contributed by atoms with E-state index in [0.717, 1.165) is 0 Å². The summed E-state index contributed by atoms with van der Waals surface area (Å²) in [6.45, 7) is 14.2. The van der Waals surface area contributed by atoms with Crippen LogP contribution in [0.4, 0.5) is 0 Å². The molecule has 0 radical (unpaired) electrons. The molecule has 0 spiro atoms. The van der Waals surface area contributed by atoms with Crippen LogP contribution in [0.2, 0.25) is 0 Å². The van der Waals surface area contributed by atoms with Gasteiger partial charge in [-0.05, 0) is 0 Å². The van der Waals surface area contributed by atoms with Crippen LogP contribution in [0.25, 0.3) is 0 Å². The number of hydrogen-bond donors (Lipinski definition) is 0. The first kappa shape index (κ1) is 23.8. The first-order valence-corrected chi connectivity index (χ1v) is 17.7. The fourth-order valence-electron chi connectivity index (χ4n) is 5.20. The van der Waals surface area contributed by atoms with Crippen LogP contribution in [-0.2, 0) is 10.8 Å². The fourth-order valence-corrected chi connectivity index (χ4v) is 21.4. The molecule has 4 aromatic carbocycles. The SMILES string of the molecule is CC(C)(C)c1cccc(C(C)(C)C)[c]1[Sn]([c]1ccccc1)([c]1ccccc1)[c]1ccccc1. The third-order valence-electron chi connectivity index (χ3n) is 6.68. The molecule has 1 heteroatoms. The molecule has 0 saturated carbocycles. The minimum absolute atomic E-state index is 0.0388. The van der Waals surface area contributed by atoms with Gasteiger partial charge in [0.25, 0.3) is 0 Å². The molecule has 0 amide bonds. The topological polar surface area (TPSA) is 0 Å². The third-order valence-corrected chi connectivity index (χ3v) is 20.6. The van der Waals surface area contributed by atoms with Gasteiger partial charge in [-0.2, -0.15) is 0 Å². The van der Waals surface area contributed by atoms with Crippen molar-refractivity contribution in [3.05, 3.63) is 120 Å². The molecular formula is C32H36Sn. The van der Waals surface area contributed by atoms with Gasteiger partial charge in [0.15, 0.2) is 0 Å². The van der Waals surface area contributed by atoms with Gasteiger partial charge in [-0.3, -0.25) is 0 Å². The average molecular weight is 539 g/mol. The molecule has 4 aromatic rings. The van der Waals surface area contributed by atoms with Crippen molar-refractivity contribution in [1.82, 2.24) is 0 Å². The van der Waals surface area contributed by atoms with Crippen LogP contribution in [0.5, 0.6) is 0 Å². The second kappa shape index (κ2) is 9.14. The Bertz CT molecular complexity index is 1070. The molecule has 0 bridgehead atoms. The van der Waals surface area contributed by atoms with Gasteiger partial charge < -0.3 is 0 Å². The van der Waals surface area contributed by atoms with E-state index in [9.17, 15) is 0 Å². The maximum absolute atomic E-state index is 3.72. The van der Waals surface area contributed by atoms with Crippen molar-refractivity contribution in [2.45, 2.75) is 52.4 Å². The Labute approximate surface area is 204 Å². The van der Waals surface area contributed by atoms with Gasteiger partial charge >= 0.3 is 205 Å². The molecule has 0 fully saturated rings. The monoisotopic (exact) mass is 540 g/mol. The molecule has 0 unspecified atom stereocenters. The van der Waals surface area contributed by atoms with Gasteiger partial charge in [0.1, 0.15) is 0 Å². The molecule has 0 heterocycles. The van der Waals surface area contributed by atoms with Crippen LogP contribution in [0.15, 0.2) is 109 Å². The van der Waals surface area contributed by atoms with E-state index in [4.69, 9.17) is 0 Å². The quantitative estimate of drug-likeness (QED) is 0.294. The summed E-state index contributed by atoms with van der Waals surface area (Å²) >= 11 is -3.72. The van der Waals surface area contributed by atoms with E-state index in [1.54, 1.807) is 3.58 Å². The molecule has 33 heavy (non-hydrogen) atoms. The van der Waals surface area contributed by atoms with Crippen molar-refractivity contribution in [3.8, 4) is 0 Å². The fraction of sp³-hybridized carbons (Fsp3) is 0.250. The Morgan fingerprint density at radius 2 is 0.697 bits per heavy atom. The molecule has 0 aliphatic carbocycles. The van der Waals surface area contributed by atoms with E-state index < -0.39 is 18.4 Å². The molecule has 0 saturated heterocycles. The molecule has 0 N–H and O–H groups in total. The number of benzene rings is 4. The summed E-state index contributed by atoms with van der Waals surface area (Å²) in [6.07, 6.45) is 0. The number of hydrogen-bond acceptors (Lipinski definition) is 0. The average Bonchev–Trinajstić information content (AvgIpc) is 2.80. The summed E-state index contributed by atoms with van der Waals surface area (Å²) in [4.78, 5) is 0. The summed E-state index contributed by atoms with van der Waals surface area (Å²) in [6, 6.07) is 41.2.